The average molecular weight is 506 g/mol. The van der Waals surface area contributed by atoms with Crippen molar-refractivity contribution in [2.75, 3.05) is 57.2 Å². The van der Waals surface area contributed by atoms with Crippen LogP contribution in [0.3, 0.4) is 0 Å². The highest BCUT2D eigenvalue weighted by molar-refractivity contribution is 5.97. The first-order chi connectivity index (χ1) is 18.0. The van der Waals surface area contributed by atoms with E-state index in [4.69, 9.17) is 9.47 Å². The van der Waals surface area contributed by atoms with Crippen molar-refractivity contribution in [3.8, 4) is 5.75 Å². The maximum atomic E-state index is 11.9. The van der Waals surface area contributed by atoms with Gasteiger partial charge in [-0.25, -0.2) is 19.9 Å². The number of hydrogen-bond donors (Lipinski definition) is 1. The number of fused-ring (bicyclic) bond motifs is 1. The molecule has 1 aliphatic heterocycles. The zero-order chi connectivity index (χ0) is 25.8. The molecule has 0 radical (unpaired) electrons. The fourth-order valence-electron chi connectivity index (χ4n) is 5.20. The van der Waals surface area contributed by atoms with Gasteiger partial charge in [0.2, 0.25) is 0 Å². The Morgan fingerprint density at radius 3 is 2.65 bits per heavy atom. The van der Waals surface area contributed by atoms with Gasteiger partial charge in [0, 0.05) is 58.6 Å². The number of benzene rings is 1. The molecule has 0 spiro atoms. The standard InChI is InChI=1S/C27H35N7O3/c1-28-27(35)21-8-9-29-24(32-21)14-18-4-6-20(7-5-18)37-23-16-19(34-10-12-36-13-11-34)15-22-25(23)26(33(2)3)31-17-30-22/h8-9,15-18,20H,4-7,10-14H2,1-3H3,(H,28,35). The van der Waals surface area contributed by atoms with Gasteiger partial charge in [0.15, 0.2) is 0 Å². The average Bonchev–Trinajstić information content (AvgIpc) is 2.93. The highest BCUT2D eigenvalue weighted by atomic mass is 16.5. The van der Waals surface area contributed by atoms with Gasteiger partial charge >= 0.3 is 0 Å². The van der Waals surface area contributed by atoms with Crippen molar-refractivity contribution in [2.24, 2.45) is 5.92 Å². The zero-order valence-electron chi connectivity index (χ0n) is 21.8. The van der Waals surface area contributed by atoms with Crippen molar-refractivity contribution >= 4 is 28.3 Å². The molecule has 3 heterocycles. The first-order valence-electron chi connectivity index (χ1n) is 13.0. The van der Waals surface area contributed by atoms with E-state index in [1.165, 1.54) is 0 Å². The summed E-state index contributed by atoms with van der Waals surface area (Å²) in [5, 5.41) is 3.57. The normalized spacial score (nSPS) is 20.0. The number of nitrogens with zero attached hydrogens (tertiary/aromatic N) is 6. The molecule has 0 bridgehead atoms. The Hall–Kier alpha value is -3.53. The number of nitrogens with one attached hydrogen (secondary N) is 1. The van der Waals surface area contributed by atoms with Gasteiger partial charge in [0.1, 0.15) is 29.4 Å². The lowest BCUT2D eigenvalue weighted by atomic mass is 9.85. The van der Waals surface area contributed by atoms with E-state index < -0.39 is 0 Å². The second-order valence-electron chi connectivity index (χ2n) is 9.93. The number of amides is 1. The second-order valence-corrected chi connectivity index (χ2v) is 9.93. The smallest absolute Gasteiger partial charge is 0.269 e. The molecule has 5 rings (SSSR count). The minimum Gasteiger partial charge on any atom is -0.490 e. The quantitative estimate of drug-likeness (QED) is 0.519. The summed E-state index contributed by atoms with van der Waals surface area (Å²) in [6.07, 6.45) is 8.13. The van der Waals surface area contributed by atoms with E-state index >= 15 is 0 Å². The molecule has 1 saturated carbocycles. The lowest BCUT2D eigenvalue weighted by molar-refractivity contribution is 0.0957. The summed E-state index contributed by atoms with van der Waals surface area (Å²) in [4.78, 5) is 34.3. The lowest BCUT2D eigenvalue weighted by Crippen LogP contribution is -2.36. The summed E-state index contributed by atoms with van der Waals surface area (Å²) in [7, 11) is 5.60. The van der Waals surface area contributed by atoms with Crippen LogP contribution in [0.5, 0.6) is 5.75 Å². The van der Waals surface area contributed by atoms with Crippen molar-refractivity contribution < 1.29 is 14.3 Å². The van der Waals surface area contributed by atoms with Gasteiger partial charge in [-0.1, -0.05) is 0 Å². The van der Waals surface area contributed by atoms with E-state index in [0.717, 1.165) is 92.4 Å². The number of hydrogen-bond acceptors (Lipinski definition) is 9. The minimum atomic E-state index is -0.187. The molecule has 10 nitrogen and oxygen atoms in total. The van der Waals surface area contributed by atoms with Gasteiger partial charge in [-0.2, -0.15) is 0 Å². The Morgan fingerprint density at radius 1 is 1.14 bits per heavy atom. The Labute approximate surface area is 217 Å². The summed E-state index contributed by atoms with van der Waals surface area (Å²) in [6, 6.07) is 5.92. The van der Waals surface area contributed by atoms with Crippen LogP contribution in [-0.4, -0.2) is 79.4 Å². The molecule has 2 fully saturated rings. The summed E-state index contributed by atoms with van der Waals surface area (Å²) in [5.41, 5.74) is 2.41. The van der Waals surface area contributed by atoms with Crippen LogP contribution in [0.2, 0.25) is 0 Å². The minimum absolute atomic E-state index is 0.118. The largest absolute Gasteiger partial charge is 0.490 e. The Morgan fingerprint density at radius 2 is 1.92 bits per heavy atom. The van der Waals surface area contributed by atoms with Gasteiger partial charge in [-0.15, -0.1) is 0 Å². The molecule has 10 heteroatoms. The molecule has 0 atom stereocenters. The molecular weight excluding hydrogens is 470 g/mol. The molecule has 2 aromatic heterocycles. The fourth-order valence-corrected chi connectivity index (χ4v) is 5.20. The third-order valence-corrected chi connectivity index (χ3v) is 7.19. The first-order valence-corrected chi connectivity index (χ1v) is 13.0. The molecule has 3 aromatic rings. The topological polar surface area (TPSA) is 106 Å². The van der Waals surface area contributed by atoms with Crippen LogP contribution >= 0.6 is 0 Å². The molecule has 2 aliphatic rings. The van der Waals surface area contributed by atoms with Gasteiger partial charge in [-0.3, -0.25) is 4.79 Å². The van der Waals surface area contributed by atoms with Crippen molar-refractivity contribution in [3.05, 3.63) is 42.2 Å². The van der Waals surface area contributed by atoms with Crippen molar-refractivity contribution in [2.45, 2.75) is 38.2 Å². The SMILES string of the molecule is CNC(=O)c1ccnc(CC2CCC(Oc3cc(N4CCOCC4)cc4ncnc(N(C)C)c34)CC2)n1. The van der Waals surface area contributed by atoms with E-state index in [0.29, 0.717) is 11.6 Å². The number of carbonyl (C=O) groups is 1. The molecule has 1 N–H and O–H groups in total. The zero-order valence-corrected chi connectivity index (χ0v) is 21.8. The van der Waals surface area contributed by atoms with Crippen LogP contribution in [0.4, 0.5) is 11.5 Å². The third-order valence-electron chi connectivity index (χ3n) is 7.19. The number of ether oxygens (including phenoxy) is 2. The van der Waals surface area contributed by atoms with Crippen LogP contribution < -0.4 is 19.9 Å². The van der Waals surface area contributed by atoms with Gasteiger partial charge in [-0.05, 0) is 43.7 Å². The molecule has 196 valence electrons. The van der Waals surface area contributed by atoms with E-state index in [1.54, 1.807) is 25.6 Å². The number of carbonyl (C=O) groups excluding carboxylic acids is 1. The van der Waals surface area contributed by atoms with Crippen LogP contribution in [0.25, 0.3) is 10.9 Å². The number of rotatable bonds is 7. The van der Waals surface area contributed by atoms with Crippen molar-refractivity contribution in [1.82, 2.24) is 25.3 Å². The molecule has 37 heavy (non-hydrogen) atoms. The van der Waals surface area contributed by atoms with Crippen molar-refractivity contribution in [1.29, 1.82) is 0 Å². The molecule has 1 aromatic carbocycles. The Balaban J connectivity index is 1.32. The fraction of sp³-hybridized carbons (Fsp3) is 0.519. The van der Waals surface area contributed by atoms with Crippen LogP contribution in [-0.2, 0) is 11.2 Å². The lowest BCUT2D eigenvalue weighted by Gasteiger charge is -2.31. The van der Waals surface area contributed by atoms with Gasteiger partial charge in [0.25, 0.3) is 5.91 Å². The maximum absolute atomic E-state index is 11.9. The summed E-state index contributed by atoms with van der Waals surface area (Å²) < 4.78 is 12.3. The predicted molar refractivity (Wildman–Crippen MR) is 142 cm³/mol. The monoisotopic (exact) mass is 505 g/mol. The van der Waals surface area contributed by atoms with E-state index in [-0.39, 0.29) is 12.0 Å². The molecule has 1 amide bonds. The summed E-state index contributed by atoms with van der Waals surface area (Å²) in [6.45, 7) is 3.15. The third kappa shape index (κ3) is 5.74. The van der Waals surface area contributed by atoms with Gasteiger partial charge in [0.05, 0.1) is 30.2 Å². The molecule has 1 saturated heterocycles. The summed E-state index contributed by atoms with van der Waals surface area (Å²) in [5.74, 6) is 2.71. The summed E-state index contributed by atoms with van der Waals surface area (Å²) >= 11 is 0. The highest BCUT2D eigenvalue weighted by Crippen LogP contribution is 2.38. The first kappa shape index (κ1) is 25.1. The highest BCUT2D eigenvalue weighted by Gasteiger charge is 2.26. The van der Waals surface area contributed by atoms with Crippen LogP contribution in [0.1, 0.15) is 42.0 Å². The van der Waals surface area contributed by atoms with E-state index in [9.17, 15) is 4.79 Å². The molecule has 0 unspecified atom stereocenters. The number of aromatic nitrogens is 4. The number of anilines is 2. The Bertz CT molecular complexity index is 1240. The predicted octanol–water partition coefficient (Wildman–Crippen LogP) is 2.86. The molecular formula is C27H35N7O3. The second kappa shape index (κ2) is 11.2. The van der Waals surface area contributed by atoms with Crippen LogP contribution in [0, 0.1) is 5.92 Å². The van der Waals surface area contributed by atoms with Crippen molar-refractivity contribution in [3.63, 3.8) is 0 Å². The Kier molecular flexibility index (Phi) is 7.64. The van der Waals surface area contributed by atoms with Gasteiger partial charge < -0.3 is 24.6 Å². The number of morpholine rings is 1. The van der Waals surface area contributed by atoms with Crippen LogP contribution in [0.15, 0.2) is 30.7 Å². The van der Waals surface area contributed by atoms with E-state index in [2.05, 4.69) is 42.3 Å². The maximum Gasteiger partial charge on any atom is 0.269 e. The van der Waals surface area contributed by atoms with E-state index in [1.807, 2.05) is 19.0 Å². The molecule has 1 aliphatic carbocycles.